The fraction of sp³-hybridized carbons (Fsp3) is 0.385. The Bertz CT molecular complexity index is 508. The summed E-state index contributed by atoms with van der Waals surface area (Å²) in [5.41, 5.74) is -0.478. The lowest BCUT2D eigenvalue weighted by Gasteiger charge is -2.25. The molecule has 1 N–H and O–H groups in total. The highest BCUT2D eigenvalue weighted by molar-refractivity contribution is 6.31. The summed E-state index contributed by atoms with van der Waals surface area (Å²) in [5, 5.41) is 9.41. The van der Waals surface area contributed by atoms with Crippen LogP contribution in [-0.2, 0) is 4.74 Å². The third kappa shape index (κ3) is 4.13. The van der Waals surface area contributed by atoms with Crippen LogP contribution in [0.2, 0.25) is 5.02 Å². The van der Waals surface area contributed by atoms with Gasteiger partial charge in [0.1, 0.15) is 5.60 Å². The number of carbonyl (C=O) groups excluding carboxylic acids is 1. The second kappa shape index (κ2) is 5.48. The molecule has 1 rings (SSSR count). The van der Waals surface area contributed by atoms with Crippen LogP contribution in [0.5, 0.6) is 0 Å². The van der Waals surface area contributed by atoms with E-state index in [-0.39, 0.29) is 11.3 Å². The molecule has 0 saturated carbocycles. The van der Waals surface area contributed by atoms with E-state index >= 15 is 0 Å². The Morgan fingerprint density at radius 3 is 2.37 bits per heavy atom. The first-order valence-electron chi connectivity index (χ1n) is 5.61. The Hall–Kier alpha value is -1.75. The molecule has 0 saturated heterocycles. The van der Waals surface area contributed by atoms with Crippen molar-refractivity contribution in [2.75, 3.05) is 11.9 Å². The first-order chi connectivity index (χ1) is 8.61. The first kappa shape index (κ1) is 15.3. The first-order valence-corrected chi connectivity index (χ1v) is 5.99. The predicted octanol–water partition coefficient (Wildman–Crippen LogP) is 3.41. The molecule has 0 aromatic heterocycles. The number of anilines is 1. The summed E-state index contributed by atoms with van der Waals surface area (Å²) in [4.78, 5) is 24.2. The van der Waals surface area contributed by atoms with Crippen LogP contribution in [0.25, 0.3) is 0 Å². The van der Waals surface area contributed by atoms with Gasteiger partial charge in [-0.15, -0.1) is 0 Å². The van der Waals surface area contributed by atoms with Crippen LogP contribution in [0.15, 0.2) is 18.2 Å². The third-order valence-electron chi connectivity index (χ3n) is 2.22. The van der Waals surface area contributed by atoms with Crippen LogP contribution in [-0.4, -0.2) is 29.8 Å². The van der Waals surface area contributed by atoms with Gasteiger partial charge in [-0.1, -0.05) is 11.6 Å². The maximum Gasteiger partial charge on any atom is 0.414 e. The second-order valence-electron chi connectivity index (χ2n) is 5.01. The van der Waals surface area contributed by atoms with E-state index in [0.29, 0.717) is 5.02 Å². The Balaban J connectivity index is 3.09. The number of halogens is 1. The lowest BCUT2D eigenvalue weighted by Crippen LogP contribution is -2.34. The van der Waals surface area contributed by atoms with E-state index < -0.39 is 17.7 Å². The van der Waals surface area contributed by atoms with Gasteiger partial charge in [0, 0.05) is 12.1 Å². The molecule has 0 heterocycles. The maximum atomic E-state index is 11.9. The normalized spacial score (nSPS) is 11.0. The van der Waals surface area contributed by atoms with Gasteiger partial charge in [0.05, 0.1) is 11.3 Å². The summed E-state index contributed by atoms with van der Waals surface area (Å²) in [5.74, 6) is -1.16. The van der Waals surface area contributed by atoms with Crippen LogP contribution in [0.4, 0.5) is 10.5 Å². The summed E-state index contributed by atoms with van der Waals surface area (Å²) >= 11 is 5.75. The smallest absolute Gasteiger partial charge is 0.414 e. The molecule has 104 valence electrons. The molecular formula is C13H16ClNO4. The largest absolute Gasteiger partial charge is 0.478 e. The molecule has 0 spiro atoms. The molecule has 1 aromatic rings. The van der Waals surface area contributed by atoms with E-state index in [1.54, 1.807) is 20.8 Å². The molecule has 0 aliphatic rings. The standard InChI is InChI=1S/C13H16ClNO4/c1-13(2,3)19-12(18)15(4)10-6-5-8(14)7-9(10)11(16)17/h5-7H,1-4H3,(H,16,17). The van der Waals surface area contributed by atoms with Gasteiger partial charge in [0.25, 0.3) is 0 Å². The maximum absolute atomic E-state index is 11.9. The van der Waals surface area contributed by atoms with Gasteiger partial charge in [-0.2, -0.15) is 0 Å². The minimum absolute atomic E-state index is 0.0548. The molecule has 6 heteroatoms. The SMILES string of the molecule is CN(C(=O)OC(C)(C)C)c1ccc(Cl)cc1C(=O)O. The van der Waals surface area contributed by atoms with Gasteiger partial charge < -0.3 is 9.84 Å². The number of carboxylic acids is 1. The van der Waals surface area contributed by atoms with Crippen molar-refractivity contribution in [2.24, 2.45) is 0 Å². The molecule has 0 aliphatic heterocycles. The summed E-state index contributed by atoms with van der Waals surface area (Å²) in [6, 6.07) is 4.28. The summed E-state index contributed by atoms with van der Waals surface area (Å²) in [7, 11) is 1.45. The number of nitrogens with zero attached hydrogens (tertiary/aromatic N) is 1. The van der Waals surface area contributed by atoms with Crippen molar-refractivity contribution in [1.82, 2.24) is 0 Å². The minimum atomic E-state index is -1.16. The molecule has 0 unspecified atom stereocenters. The van der Waals surface area contributed by atoms with Gasteiger partial charge in [-0.3, -0.25) is 4.90 Å². The van der Waals surface area contributed by atoms with Crippen molar-refractivity contribution in [3.63, 3.8) is 0 Å². The van der Waals surface area contributed by atoms with Crippen LogP contribution < -0.4 is 4.90 Å². The molecule has 19 heavy (non-hydrogen) atoms. The van der Waals surface area contributed by atoms with Crippen molar-refractivity contribution in [3.8, 4) is 0 Å². The highest BCUT2D eigenvalue weighted by atomic mass is 35.5. The monoisotopic (exact) mass is 285 g/mol. The number of amides is 1. The summed E-state index contributed by atoms with van der Waals surface area (Å²) < 4.78 is 5.18. The lowest BCUT2D eigenvalue weighted by atomic mass is 10.1. The Morgan fingerprint density at radius 1 is 1.32 bits per heavy atom. The van der Waals surface area contributed by atoms with Gasteiger partial charge in [0.15, 0.2) is 0 Å². The zero-order valence-corrected chi connectivity index (χ0v) is 12.0. The quantitative estimate of drug-likeness (QED) is 0.904. The number of hydrogen-bond acceptors (Lipinski definition) is 3. The number of ether oxygens (including phenoxy) is 1. The van der Waals surface area contributed by atoms with Gasteiger partial charge in [-0.05, 0) is 39.0 Å². The zero-order valence-electron chi connectivity index (χ0n) is 11.2. The number of rotatable bonds is 2. The highest BCUT2D eigenvalue weighted by Crippen LogP contribution is 2.25. The fourth-order valence-electron chi connectivity index (χ4n) is 1.40. The molecule has 0 radical (unpaired) electrons. The van der Waals surface area contributed by atoms with E-state index in [0.717, 1.165) is 4.90 Å². The molecule has 5 nitrogen and oxygen atoms in total. The molecule has 1 amide bonds. The number of carbonyl (C=O) groups is 2. The third-order valence-corrected chi connectivity index (χ3v) is 2.45. The lowest BCUT2D eigenvalue weighted by molar-refractivity contribution is 0.0589. The van der Waals surface area contributed by atoms with Crippen molar-refractivity contribution in [2.45, 2.75) is 26.4 Å². The van der Waals surface area contributed by atoms with E-state index in [1.165, 1.54) is 25.2 Å². The number of carboxylic acid groups (broad SMARTS) is 1. The summed E-state index contributed by atoms with van der Waals surface area (Å²) in [6.45, 7) is 5.20. The topological polar surface area (TPSA) is 66.8 Å². The van der Waals surface area contributed by atoms with Crippen molar-refractivity contribution in [1.29, 1.82) is 0 Å². The molecule has 0 atom stereocenters. The Morgan fingerprint density at radius 2 is 1.89 bits per heavy atom. The van der Waals surface area contributed by atoms with E-state index in [4.69, 9.17) is 21.4 Å². The Labute approximate surface area is 116 Å². The highest BCUT2D eigenvalue weighted by Gasteiger charge is 2.23. The van der Waals surface area contributed by atoms with Crippen LogP contribution in [0.1, 0.15) is 31.1 Å². The molecular weight excluding hydrogens is 270 g/mol. The average Bonchev–Trinajstić information content (AvgIpc) is 2.25. The average molecular weight is 286 g/mol. The van der Waals surface area contributed by atoms with Gasteiger partial charge in [0.2, 0.25) is 0 Å². The van der Waals surface area contributed by atoms with E-state index in [2.05, 4.69) is 0 Å². The van der Waals surface area contributed by atoms with Crippen molar-refractivity contribution >= 4 is 29.4 Å². The van der Waals surface area contributed by atoms with E-state index in [1.807, 2.05) is 0 Å². The Kier molecular flexibility index (Phi) is 4.42. The van der Waals surface area contributed by atoms with Crippen LogP contribution in [0, 0.1) is 0 Å². The predicted molar refractivity (Wildman–Crippen MR) is 73.0 cm³/mol. The molecule has 1 aromatic carbocycles. The number of benzene rings is 1. The molecule has 0 fully saturated rings. The van der Waals surface area contributed by atoms with Gasteiger partial charge >= 0.3 is 12.1 Å². The van der Waals surface area contributed by atoms with Crippen molar-refractivity contribution in [3.05, 3.63) is 28.8 Å². The second-order valence-corrected chi connectivity index (χ2v) is 5.44. The number of hydrogen-bond donors (Lipinski definition) is 1. The van der Waals surface area contributed by atoms with Gasteiger partial charge in [-0.25, -0.2) is 9.59 Å². The van der Waals surface area contributed by atoms with Crippen molar-refractivity contribution < 1.29 is 19.4 Å². The van der Waals surface area contributed by atoms with Crippen LogP contribution in [0.3, 0.4) is 0 Å². The zero-order chi connectivity index (χ0) is 14.8. The van der Waals surface area contributed by atoms with E-state index in [9.17, 15) is 9.59 Å². The molecule has 0 aliphatic carbocycles. The fourth-order valence-corrected chi connectivity index (χ4v) is 1.57. The summed E-state index contributed by atoms with van der Waals surface area (Å²) in [6.07, 6.45) is -0.627. The minimum Gasteiger partial charge on any atom is -0.478 e. The molecule has 0 bridgehead atoms. The van der Waals surface area contributed by atoms with Crippen LogP contribution >= 0.6 is 11.6 Å². The number of aromatic carboxylic acids is 1.